The molecule has 0 radical (unpaired) electrons. The van der Waals surface area contributed by atoms with Gasteiger partial charge in [-0.2, -0.15) is 0 Å². The number of nitrogens with zero attached hydrogens (tertiary/aromatic N) is 5. The maximum atomic E-state index is 12.7. The number of amides is 1. The fourth-order valence-corrected chi connectivity index (χ4v) is 4.46. The Balaban J connectivity index is 1.18. The Morgan fingerprint density at radius 3 is 2.77 bits per heavy atom. The largest absolute Gasteiger partial charge is 0.348 e. The van der Waals surface area contributed by atoms with Gasteiger partial charge < -0.3 is 16.0 Å². The van der Waals surface area contributed by atoms with Crippen molar-refractivity contribution in [2.24, 2.45) is 0 Å². The topological polar surface area (TPSA) is 127 Å². The second kappa shape index (κ2) is 12.2. The van der Waals surface area contributed by atoms with Crippen LogP contribution in [0.15, 0.2) is 82.9 Å². The number of anilines is 2. The molecule has 39 heavy (non-hydrogen) atoms. The molecule has 0 aliphatic rings. The summed E-state index contributed by atoms with van der Waals surface area (Å²) < 4.78 is 1.37. The van der Waals surface area contributed by atoms with Gasteiger partial charge in [0.25, 0.3) is 11.5 Å². The first-order valence-electron chi connectivity index (χ1n) is 12.2. The van der Waals surface area contributed by atoms with E-state index >= 15 is 0 Å². The Labute approximate surface area is 228 Å². The second-order valence-corrected chi connectivity index (χ2v) is 9.42. The minimum Gasteiger partial charge on any atom is -0.348 e. The van der Waals surface area contributed by atoms with Gasteiger partial charge in [0, 0.05) is 41.9 Å². The number of thiazole rings is 1. The van der Waals surface area contributed by atoms with E-state index < -0.39 is 11.5 Å². The molecule has 0 aliphatic heterocycles. The van der Waals surface area contributed by atoms with E-state index in [1.165, 1.54) is 34.0 Å². The average molecular weight is 539 g/mol. The molecule has 0 fully saturated rings. The van der Waals surface area contributed by atoms with Gasteiger partial charge in [-0.05, 0) is 42.4 Å². The van der Waals surface area contributed by atoms with Crippen LogP contribution in [-0.4, -0.2) is 44.0 Å². The average Bonchev–Trinajstić information content (AvgIpc) is 3.46. The Morgan fingerprint density at radius 2 is 1.97 bits per heavy atom. The molecule has 0 bridgehead atoms. The van der Waals surface area contributed by atoms with Gasteiger partial charge in [-0.1, -0.05) is 30.4 Å². The third-order valence-electron chi connectivity index (χ3n) is 5.85. The van der Waals surface area contributed by atoms with Crippen LogP contribution in [0, 0.1) is 0 Å². The molecule has 3 heterocycles. The predicted octanol–water partition coefficient (Wildman–Crippen LogP) is 3.60. The van der Waals surface area contributed by atoms with Gasteiger partial charge in [-0.15, -0.1) is 11.3 Å². The summed E-state index contributed by atoms with van der Waals surface area (Å²) >= 11 is 1.44. The number of benzene rings is 2. The van der Waals surface area contributed by atoms with Crippen LogP contribution in [0.4, 0.5) is 11.6 Å². The zero-order valence-corrected chi connectivity index (χ0v) is 22.0. The summed E-state index contributed by atoms with van der Waals surface area (Å²) in [6.45, 7) is 1.34. The van der Waals surface area contributed by atoms with Crippen LogP contribution < -0.4 is 21.5 Å². The molecule has 0 aliphatic carbocycles. The molecular formula is C28H26N8O2S. The number of rotatable bonds is 10. The summed E-state index contributed by atoms with van der Waals surface area (Å²) in [6, 6.07) is 14.0. The molecule has 11 heteroatoms. The lowest BCUT2D eigenvalue weighted by Gasteiger charge is -2.07. The summed E-state index contributed by atoms with van der Waals surface area (Å²) in [4.78, 5) is 42.5. The van der Waals surface area contributed by atoms with Crippen molar-refractivity contribution in [3.63, 3.8) is 0 Å². The van der Waals surface area contributed by atoms with Gasteiger partial charge in [-0.3, -0.25) is 14.2 Å². The van der Waals surface area contributed by atoms with Crippen molar-refractivity contribution in [2.75, 3.05) is 18.9 Å². The van der Waals surface area contributed by atoms with Gasteiger partial charge in [0.1, 0.15) is 5.56 Å². The molecule has 196 valence electrons. The Bertz CT molecular complexity index is 1660. The van der Waals surface area contributed by atoms with Gasteiger partial charge >= 0.3 is 0 Å². The normalized spacial score (nSPS) is 11.2. The first-order valence-corrected chi connectivity index (χ1v) is 13.2. The van der Waals surface area contributed by atoms with Crippen molar-refractivity contribution >= 4 is 45.9 Å². The van der Waals surface area contributed by atoms with Crippen LogP contribution in [0.2, 0.25) is 0 Å². The third kappa shape index (κ3) is 6.58. The van der Waals surface area contributed by atoms with Crippen molar-refractivity contribution in [1.82, 2.24) is 35.1 Å². The van der Waals surface area contributed by atoms with Gasteiger partial charge in [-0.25, -0.2) is 19.9 Å². The zero-order valence-electron chi connectivity index (χ0n) is 21.2. The maximum absolute atomic E-state index is 12.7. The second-order valence-electron chi connectivity index (χ2n) is 8.70. The van der Waals surface area contributed by atoms with E-state index in [-0.39, 0.29) is 18.7 Å². The number of hydrogen-bond donors (Lipinski definition) is 3. The molecule has 1 amide bonds. The number of fused-ring (bicyclic) bond motifs is 1. The van der Waals surface area contributed by atoms with Crippen LogP contribution in [-0.2, 0) is 13.1 Å². The fraction of sp³-hybridized carbons (Fsp3) is 0.143. The Hall–Kier alpha value is -4.74. The van der Waals surface area contributed by atoms with Crippen LogP contribution in [0.1, 0.15) is 27.2 Å². The smallest absolute Gasteiger partial charge is 0.266 e. The SMILES string of the molecule is CNCc1ccc(Nc2ncc3cc(/C=C/CNC(=O)c4cncn(Cc5cscn5)c4=O)ccc3n2)cc1. The molecule has 5 rings (SSSR count). The van der Waals surface area contributed by atoms with Gasteiger partial charge in [0.15, 0.2) is 0 Å². The van der Waals surface area contributed by atoms with Crippen molar-refractivity contribution in [1.29, 1.82) is 0 Å². The number of nitrogens with one attached hydrogen (secondary N) is 3. The summed E-state index contributed by atoms with van der Waals surface area (Å²) in [5, 5.41) is 11.9. The van der Waals surface area contributed by atoms with E-state index in [0.717, 1.165) is 34.4 Å². The Kier molecular flexibility index (Phi) is 8.10. The maximum Gasteiger partial charge on any atom is 0.266 e. The number of aromatic nitrogens is 5. The predicted molar refractivity (Wildman–Crippen MR) is 153 cm³/mol. The number of hydrogen-bond acceptors (Lipinski definition) is 9. The first-order chi connectivity index (χ1) is 19.1. The van der Waals surface area contributed by atoms with Gasteiger partial charge in [0.05, 0.1) is 29.6 Å². The van der Waals surface area contributed by atoms with Crippen LogP contribution in [0.5, 0.6) is 0 Å². The molecule has 5 aromatic rings. The number of carbonyl (C=O) groups excluding carboxylic acids is 1. The van der Waals surface area contributed by atoms with E-state index in [1.54, 1.807) is 11.7 Å². The van der Waals surface area contributed by atoms with Crippen molar-refractivity contribution in [3.05, 3.63) is 111 Å². The standard InChI is InChI=1S/C28H26N8O2S/c1-29-12-20-4-7-22(8-5-20)34-28-32-13-21-11-19(6-9-25(21)35-28)3-2-10-31-26(37)24-14-30-17-36(27(24)38)15-23-16-39-18-33-23/h2-9,11,13-14,16-18,29H,10,12,15H2,1H3,(H,31,37)(H,32,34,35)/b3-2+. The quantitative estimate of drug-likeness (QED) is 0.246. The summed E-state index contributed by atoms with van der Waals surface area (Å²) in [5.74, 6) is 0.0457. The summed E-state index contributed by atoms with van der Waals surface area (Å²) in [5.41, 5.74) is 5.89. The highest BCUT2D eigenvalue weighted by Crippen LogP contribution is 2.19. The summed E-state index contributed by atoms with van der Waals surface area (Å²) in [7, 11) is 1.92. The lowest BCUT2D eigenvalue weighted by molar-refractivity contribution is 0.0955. The molecule has 0 spiro atoms. The lowest BCUT2D eigenvalue weighted by atomic mass is 10.1. The van der Waals surface area contributed by atoms with Crippen molar-refractivity contribution < 1.29 is 4.79 Å². The molecular weight excluding hydrogens is 512 g/mol. The van der Waals surface area contributed by atoms with Crippen LogP contribution >= 0.6 is 11.3 Å². The van der Waals surface area contributed by atoms with Gasteiger partial charge in [0.2, 0.25) is 5.95 Å². The van der Waals surface area contributed by atoms with E-state index in [0.29, 0.717) is 5.95 Å². The minimum atomic E-state index is -0.478. The number of carbonyl (C=O) groups is 1. The van der Waals surface area contributed by atoms with Crippen LogP contribution in [0.25, 0.3) is 17.0 Å². The zero-order chi connectivity index (χ0) is 27.0. The first kappa shape index (κ1) is 25.9. The van der Waals surface area contributed by atoms with Crippen molar-refractivity contribution in [3.8, 4) is 0 Å². The molecule has 3 N–H and O–H groups in total. The molecule has 2 aromatic carbocycles. The molecule has 0 atom stereocenters. The monoisotopic (exact) mass is 538 g/mol. The highest BCUT2D eigenvalue weighted by molar-refractivity contribution is 7.07. The molecule has 3 aromatic heterocycles. The van der Waals surface area contributed by atoms with E-state index in [1.807, 2.05) is 54.9 Å². The van der Waals surface area contributed by atoms with E-state index in [4.69, 9.17) is 0 Å². The highest BCUT2D eigenvalue weighted by atomic mass is 32.1. The summed E-state index contributed by atoms with van der Waals surface area (Å²) in [6.07, 6.45) is 8.17. The van der Waals surface area contributed by atoms with Crippen molar-refractivity contribution in [2.45, 2.75) is 13.1 Å². The Morgan fingerprint density at radius 1 is 1.10 bits per heavy atom. The van der Waals surface area contributed by atoms with E-state index in [9.17, 15) is 9.59 Å². The minimum absolute atomic E-state index is 0.0118. The van der Waals surface area contributed by atoms with Crippen LogP contribution in [0.3, 0.4) is 0 Å². The third-order valence-corrected chi connectivity index (χ3v) is 6.48. The highest BCUT2D eigenvalue weighted by Gasteiger charge is 2.12. The molecule has 10 nitrogen and oxygen atoms in total. The molecule has 0 unspecified atom stereocenters. The lowest BCUT2D eigenvalue weighted by Crippen LogP contribution is -2.33. The molecule has 0 saturated carbocycles. The fourth-order valence-electron chi connectivity index (χ4n) is 3.91. The van der Waals surface area contributed by atoms with E-state index in [2.05, 4.69) is 48.0 Å². The molecule has 0 saturated heterocycles.